The zero-order chi connectivity index (χ0) is 18.4. The number of anilines is 1. The van der Waals surface area contributed by atoms with Crippen molar-refractivity contribution in [2.24, 2.45) is 0 Å². The number of aromatic carboxylic acids is 1. The van der Waals surface area contributed by atoms with Crippen LogP contribution in [0.2, 0.25) is 0 Å². The van der Waals surface area contributed by atoms with Crippen LogP contribution in [0.4, 0.5) is 14.5 Å². The van der Waals surface area contributed by atoms with Gasteiger partial charge in [-0.05, 0) is 42.7 Å². The standard InChI is InChI=1S/C17H17F2NO4S/c1-2-12-13(17(21)22)5-6-14(16(12)19)20-8-7-10-3-4-11(18)9-15(10)25(20,23)24/h3-6,9,23-24H,2,7-8H2,1H3,(H,21,22). The van der Waals surface area contributed by atoms with Crippen LogP contribution in [0.5, 0.6) is 0 Å². The molecule has 0 radical (unpaired) electrons. The fourth-order valence-corrected chi connectivity index (χ4v) is 4.85. The minimum atomic E-state index is -3.63. The SMILES string of the molecule is CCc1c(C(=O)O)ccc(N2CCc3ccc(F)cc3S2(O)O)c1F. The number of benzene rings is 2. The first kappa shape index (κ1) is 17.7. The van der Waals surface area contributed by atoms with Crippen molar-refractivity contribution in [2.75, 3.05) is 10.8 Å². The molecule has 0 atom stereocenters. The van der Waals surface area contributed by atoms with Gasteiger partial charge in [-0.25, -0.2) is 13.6 Å². The maximum atomic E-state index is 14.9. The third-order valence-corrected chi connectivity index (χ3v) is 6.26. The molecule has 8 heteroatoms. The first-order valence-electron chi connectivity index (χ1n) is 7.66. The van der Waals surface area contributed by atoms with Gasteiger partial charge in [0, 0.05) is 12.1 Å². The van der Waals surface area contributed by atoms with Crippen LogP contribution in [0.1, 0.15) is 28.4 Å². The van der Waals surface area contributed by atoms with Crippen LogP contribution in [0, 0.1) is 11.6 Å². The molecule has 2 aromatic rings. The summed E-state index contributed by atoms with van der Waals surface area (Å²) in [5.41, 5.74) is 0.321. The monoisotopic (exact) mass is 369 g/mol. The lowest BCUT2D eigenvalue weighted by atomic mass is 10.0. The highest BCUT2D eigenvalue weighted by molar-refractivity contribution is 8.25. The number of hydrogen-bond acceptors (Lipinski definition) is 4. The zero-order valence-electron chi connectivity index (χ0n) is 13.4. The molecule has 0 bridgehead atoms. The molecule has 3 N–H and O–H groups in total. The summed E-state index contributed by atoms with van der Waals surface area (Å²) in [6, 6.07) is 6.23. The molecule has 134 valence electrons. The molecule has 2 aromatic carbocycles. The maximum Gasteiger partial charge on any atom is 0.336 e. The predicted octanol–water partition coefficient (Wildman–Crippen LogP) is 4.31. The van der Waals surface area contributed by atoms with Gasteiger partial charge in [0.25, 0.3) is 0 Å². The van der Waals surface area contributed by atoms with Crippen molar-refractivity contribution in [2.45, 2.75) is 24.7 Å². The normalized spacial score (nSPS) is 17.1. The number of halogens is 2. The first-order valence-corrected chi connectivity index (χ1v) is 9.16. The van der Waals surface area contributed by atoms with Crippen LogP contribution in [-0.4, -0.2) is 26.7 Å². The van der Waals surface area contributed by atoms with Gasteiger partial charge in [0.15, 0.2) is 5.82 Å². The van der Waals surface area contributed by atoms with Crippen LogP contribution < -0.4 is 4.31 Å². The second-order valence-electron chi connectivity index (χ2n) is 5.71. The number of carboxylic acid groups (broad SMARTS) is 1. The molecule has 0 saturated heterocycles. The highest BCUT2D eigenvalue weighted by Crippen LogP contribution is 2.57. The molecule has 1 heterocycles. The molecule has 0 spiro atoms. The highest BCUT2D eigenvalue weighted by Gasteiger charge is 2.35. The lowest BCUT2D eigenvalue weighted by Crippen LogP contribution is -2.35. The van der Waals surface area contributed by atoms with E-state index in [1.165, 1.54) is 24.3 Å². The quantitative estimate of drug-likeness (QED) is 0.751. The predicted molar refractivity (Wildman–Crippen MR) is 91.3 cm³/mol. The molecule has 0 saturated carbocycles. The minimum Gasteiger partial charge on any atom is -0.478 e. The number of rotatable bonds is 3. The van der Waals surface area contributed by atoms with Gasteiger partial charge in [-0.2, -0.15) is 0 Å². The molecule has 0 aromatic heterocycles. The zero-order valence-corrected chi connectivity index (χ0v) is 14.2. The number of hydrogen-bond donors (Lipinski definition) is 3. The van der Waals surface area contributed by atoms with Crippen molar-refractivity contribution >= 4 is 22.4 Å². The second kappa shape index (κ2) is 6.29. The van der Waals surface area contributed by atoms with E-state index in [4.69, 9.17) is 0 Å². The van der Waals surface area contributed by atoms with Crippen LogP contribution in [0.3, 0.4) is 0 Å². The Balaban J connectivity index is 2.13. The summed E-state index contributed by atoms with van der Waals surface area (Å²) in [6.07, 6.45) is 0.520. The summed E-state index contributed by atoms with van der Waals surface area (Å²) < 4.78 is 50.8. The Bertz CT molecular complexity index is 857. The smallest absolute Gasteiger partial charge is 0.336 e. The lowest BCUT2D eigenvalue weighted by molar-refractivity contribution is 0.0695. The molecule has 1 aliphatic rings. The summed E-state index contributed by atoms with van der Waals surface area (Å²) in [7, 11) is -3.63. The van der Waals surface area contributed by atoms with E-state index in [9.17, 15) is 27.8 Å². The molecule has 5 nitrogen and oxygen atoms in total. The Labute approximate surface area is 145 Å². The van der Waals surface area contributed by atoms with Crippen LogP contribution in [-0.2, 0) is 12.8 Å². The van der Waals surface area contributed by atoms with Crippen molar-refractivity contribution in [1.29, 1.82) is 0 Å². The number of carboxylic acids is 1. The molecule has 0 amide bonds. The second-order valence-corrected chi connectivity index (χ2v) is 7.62. The van der Waals surface area contributed by atoms with Crippen molar-refractivity contribution in [3.63, 3.8) is 0 Å². The Morgan fingerprint density at radius 1 is 1.24 bits per heavy atom. The third-order valence-electron chi connectivity index (χ3n) is 4.29. The Morgan fingerprint density at radius 2 is 1.96 bits per heavy atom. The molecule has 0 unspecified atom stereocenters. The number of nitrogens with zero attached hydrogens (tertiary/aromatic N) is 1. The largest absolute Gasteiger partial charge is 0.478 e. The first-order chi connectivity index (χ1) is 11.8. The van der Waals surface area contributed by atoms with Gasteiger partial charge in [0.1, 0.15) is 5.82 Å². The topological polar surface area (TPSA) is 81.0 Å². The lowest BCUT2D eigenvalue weighted by Gasteiger charge is -2.48. The Kier molecular flexibility index (Phi) is 4.44. The van der Waals surface area contributed by atoms with Crippen LogP contribution in [0.15, 0.2) is 35.2 Å². The van der Waals surface area contributed by atoms with Crippen LogP contribution in [0.25, 0.3) is 0 Å². The molecule has 3 rings (SSSR count). The fourth-order valence-electron chi connectivity index (χ4n) is 3.06. The van der Waals surface area contributed by atoms with E-state index in [0.717, 1.165) is 10.4 Å². The average molecular weight is 369 g/mol. The summed E-state index contributed by atoms with van der Waals surface area (Å²) in [5, 5.41) is 9.17. The van der Waals surface area contributed by atoms with E-state index in [2.05, 4.69) is 0 Å². The molecule has 25 heavy (non-hydrogen) atoms. The van der Waals surface area contributed by atoms with Gasteiger partial charge in [-0.3, -0.25) is 13.4 Å². The summed E-state index contributed by atoms with van der Waals surface area (Å²) in [6.45, 7) is 1.74. The molecular formula is C17H17F2NO4S. The van der Waals surface area contributed by atoms with E-state index >= 15 is 0 Å². The van der Waals surface area contributed by atoms with Gasteiger partial charge in [-0.1, -0.05) is 23.8 Å². The summed E-state index contributed by atoms with van der Waals surface area (Å²) in [4.78, 5) is 11.3. The summed E-state index contributed by atoms with van der Waals surface area (Å²) >= 11 is 0. The van der Waals surface area contributed by atoms with Crippen molar-refractivity contribution < 1.29 is 27.8 Å². The van der Waals surface area contributed by atoms with Gasteiger partial charge in [0.05, 0.1) is 16.1 Å². The Morgan fingerprint density at radius 3 is 2.60 bits per heavy atom. The molecule has 0 aliphatic carbocycles. The van der Waals surface area contributed by atoms with Gasteiger partial charge in [-0.15, -0.1) is 0 Å². The fraction of sp³-hybridized carbons (Fsp3) is 0.235. The van der Waals surface area contributed by atoms with E-state index in [1.807, 2.05) is 0 Å². The van der Waals surface area contributed by atoms with E-state index in [-0.39, 0.29) is 34.7 Å². The summed E-state index contributed by atoms with van der Waals surface area (Å²) in [5.74, 6) is -2.67. The number of fused-ring (bicyclic) bond motifs is 1. The maximum absolute atomic E-state index is 14.9. The van der Waals surface area contributed by atoms with Gasteiger partial charge >= 0.3 is 5.97 Å². The minimum absolute atomic E-state index is 0.00904. The van der Waals surface area contributed by atoms with Crippen molar-refractivity contribution in [3.8, 4) is 0 Å². The van der Waals surface area contributed by atoms with Gasteiger partial charge in [0.2, 0.25) is 0 Å². The highest BCUT2D eigenvalue weighted by atomic mass is 32.3. The average Bonchev–Trinajstić information content (AvgIpc) is 2.55. The molecule has 1 aliphatic heterocycles. The van der Waals surface area contributed by atoms with E-state index in [0.29, 0.717) is 12.0 Å². The van der Waals surface area contributed by atoms with Crippen LogP contribution >= 0.6 is 10.8 Å². The van der Waals surface area contributed by atoms with Gasteiger partial charge < -0.3 is 5.11 Å². The van der Waals surface area contributed by atoms with E-state index in [1.54, 1.807) is 6.92 Å². The number of carbonyl (C=O) groups is 1. The van der Waals surface area contributed by atoms with E-state index < -0.39 is 28.4 Å². The Hall–Kier alpha value is -2.16. The molecular weight excluding hydrogens is 352 g/mol. The molecule has 0 fully saturated rings. The van der Waals surface area contributed by atoms with Crippen molar-refractivity contribution in [1.82, 2.24) is 0 Å². The van der Waals surface area contributed by atoms with Crippen molar-refractivity contribution in [3.05, 3.63) is 58.7 Å². The third kappa shape index (κ3) is 2.86.